The molecule has 3 rings (SSSR count). The number of rotatable bonds is 9. The molecule has 1 fully saturated rings. The summed E-state index contributed by atoms with van der Waals surface area (Å²) in [7, 11) is 4.61. The number of amides is 1. The number of morpholine rings is 1. The van der Waals surface area contributed by atoms with Crippen LogP contribution in [0.5, 0.6) is 17.2 Å². The van der Waals surface area contributed by atoms with Crippen LogP contribution < -0.4 is 14.2 Å². The van der Waals surface area contributed by atoms with E-state index in [-0.39, 0.29) is 37.5 Å². The number of benzene rings is 2. The molecule has 0 bridgehead atoms. The number of halogens is 1. The molecule has 1 atom stereocenters. The highest BCUT2D eigenvalue weighted by Crippen LogP contribution is 2.38. The van der Waals surface area contributed by atoms with Crippen molar-refractivity contribution < 1.29 is 32.9 Å². The van der Waals surface area contributed by atoms with Gasteiger partial charge >= 0.3 is 0 Å². The van der Waals surface area contributed by atoms with E-state index in [9.17, 15) is 9.18 Å². The molecular formula is C23H28FNO6. The quantitative estimate of drug-likeness (QED) is 0.606. The van der Waals surface area contributed by atoms with E-state index in [4.69, 9.17) is 23.7 Å². The Morgan fingerprint density at radius 3 is 2.48 bits per heavy atom. The fourth-order valence-corrected chi connectivity index (χ4v) is 3.49. The zero-order chi connectivity index (χ0) is 22.2. The van der Waals surface area contributed by atoms with Crippen molar-refractivity contribution in [2.24, 2.45) is 0 Å². The van der Waals surface area contributed by atoms with Gasteiger partial charge in [0.05, 0.1) is 53.7 Å². The standard InChI is InChI=1S/C23H28FNO6/c1-27-20-10-16(11-21(28-2)23(20)29-3)12-22(26)25-8-9-31-18(13-25)15-30-14-17-6-4-5-7-19(17)24/h4-7,10-11,18H,8-9,12-15H2,1-3H3. The van der Waals surface area contributed by atoms with Gasteiger partial charge < -0.3 is 28.6 Å². The molecule has 0 aliphatic carbocycles. The predicted octanol–water partition coefficient (Wildman–Crippen LogP) is 2.84. The molecule has 31 heavy (non-hydrogen) atoms. The summed E-state index contributed by atoms with van der Waals surface area (Å²) in [5.74, 6) is 1.17. The predicted molar refractivity (Wildman–Crippen MR) is 112 cm³/mol. The summed E-state index contributed by atoms with van der Waals surface area (Å²) in [5.41, 5.74) is 1.26. The number of carbonyl (C=O) groups excluding carboxylic acids is 1. The van der Waals surface area contributed by atoms with Gasteiger partial charge in [0.2, 0.25) is 11.7 Å². The second-order valence-electron chi connectivity index (χ2n) is 7.15. The third kappa shape index (κ3) is 5.86. The van der Waals surface area contributed by atoms with Gasteiger partial charge in [-0.25, -0.2) is 4.39 Å². The molecule has 2 aromatic carbocycles. The van der Waals surface area contributed by atoms with Crippen molar-refractivity contribution in [3.63, 3.8) is 0 Å². The van der Waals surface area contributed by atoms with Crippen LogP contribution in [-0.4, -0.2) is 64.5 Å². The summed E-state index contributed by atoms with van der Waals surface area (Å²) in [6, 6.07) is 10.0. The molecule has 168 valence electrons. The van der Waals surface area contributed by atoms with E-state index in [0.29, 0.717) is 42.5 Å². The fourth-order valence-electron chi connectivity index (χ4n) is 3.49. The first-order valence-electron chi connectivity index (χ1n) is 10.0. The molecule has 1 amide bonds. The molecule has 1 saturated heterocycles. The van der Waals surface area contributed by atoms with Crippen LogP contribution in [0.1, 0.15) is 11.1 Å². The smallest absolute Gasteiger partial charge is 0.227 e. The lowest BCUT2D eigenvalue weighted by atomic mass is 10.1. The highest BCUT2D eigenvalue weighted by atomic mass is 19.1. The Balaban J connectivity index is 1.56. The van der Waals surface area contributed by atoms with Gasteiger partial charge in [0.15, 0.2) is 11.5 Å². The number of hydrogen-bond acceptors (Lipinski definition) is 6. The van der Waals surface area contributed by atoms with Crippen LogP contribution >= 0.6 is 0 Å². The normalized spacial score (nSPS) is 16.1. The van der Waals surface area contributed by atoms with Gasteiger partial charge in [-0.3, -0.25) is 4.79 Å². The zero-order valence-corrected chi connectivity index (χ0v) is 18.1. The van der Waals surface area contributed by atoms with Gasteiger partial charge in [0.25, 0.3) is 0 Å². The van der Waals surface area contributed by atoms with Gasteiger partial charge in [-0.2, -0.15) is 0 Å². The summed E-state index contributed by atoms with van der Waals surface area (Å²) < 4.78 is 41.1. The summed E-state index contributed by atoms with van der Waals surface area (Å²) in [4.78, 5) is 14.6. The molecule has 0 aromatic heterocycles. The maximum Gasteiger partial charge on any atom is 0.227 e. The molecule has 8 heteroatoms. The number of ether oxygens (including phenoxy) is 5. The highest BCUT2D eigenvalue weighted by molar-refractivity contribution is 5.79. The molecule has 1 heterocycles. The van der Waals surface area contributed by atoms with Gasteiger partial charge in [0, 0.05) is 18.7 Å². The Labute approximate surface area is 181 Å². The van der Waals surface area contributed by atoms with Crippen LogP contribution in [-0.2, 0) is 27.3 Å². The number of methoxy groups -OCH3 is 3. The Morgan fingerprint density at radius 2 is 1.84 bits per heavy atom. The number of hydrogen-bond donors (Lipinski definition) is 0. The Hall–Kier alpha value is -2.84. The van der Waals surface area contributed by atoms with Crippen molar-refractivity contribution in [3.8, 4) is 17.2 Å². The average molecular weight is 433 g/mol. The first kappa shape index (κ1) is 22.8. The molecule has 7 nitrogen and oxygen atoms in total. The van der Waals surface area contributed by atoms with Gasteiger partial charge in [-0.05, 0) is 23.8 Å². The topological polar surface area (TPSA) is 66.5 Å². The van der Waals surface area contributed by atoms with Crippen molar-refractivity contribution in [1.82, 2.24) is 4.90 Å². The maximum absolute atomic E-state index is 13.7. The minimum Gasteiger partial charge on any atom is -0.493 e. The van der Waals surface area contributed by atoms with E-state index in [1.807, 2.05) is 0 Å². The monoisotopic (exact) mass is 433 g/mol. The second-order valence-corrected chi connectivity index (χ2v) is 7.15. The first-order valence-corrected chi connectivity index (χ1v) is 10.0. The minimum absolute atomic E-state index is 0.0309. The van der Waals surface area contributed by atoms with Gasteiger partial charge in [0.1, 0.15) is 5.82 Å². The molecule has 0 radical (unpaired) electrons. The zero-order valence-electron chi connectivity index (χ0n) is 18.1. The van der Waals surface area contributed by atoms with Crippen LogP contribution in [0.15, 0.2) is 36.4 Å². The molecule has 2 aromatic rings. The van der Waals surface area contributed by atoms with Gasteiger partial charge in [-0.15, -0.1) is 0 Å². The Bertz CT molecular complexity index is 865. The lowest BCUT2D eigenvalue weighted by Crippen LogP contribution is -2.47. The van der Waals surface area contributed by atoms with E-state index < -0.39 is 0 Å². The third-order valence-corrected chi connectivity index (χ3v) is 5.09. The summed E-state index contributed by atoms with van der Waals surface area (Å²) in [5, 5.41) is 0. The SMILES string of the molecule is COc1cc(CC(=O)N2CCOC(COCc3ccccc3F)C2)cc(OC)c1OC. The van der Waals surface area contributed by atoms with Crippen LogP contribution in [0, 0.1) is 5.82 Å². The van der Waals surface area contributed by atoms with Crippen LogP contribution in [0.25, 0.3) is 0 Å². The summed E-state index contributed by atoms with van der Waals surface area (Å²) in [6.45, 7) is 1.79. The van der Waals surface area contributed by atoms with Crippen molar-refractivity contribution in [2.45, 2.75) is 19.1 Å². The average Bonchev–Trinajstić information content (AvgIpc) is 2.79. The largest absolute Gasteiger partial charge is 0.493 e. The highest BCUT2D eigenvalue weighted by Gasteiger charge is 2.25. The molecule has 1 aliphatic rings. The Kier molecular flexibility index (Phi) is 8.08. The molecule has 1 unspecified atom stereocenters. The second kappa shape index (κ2) is 11.0. The molecule has 0 spiro atoms. The minimum atomic E-state index is -0.297. The van der Waals surface area contributed by atoms with E-state index >= 15 is 0 Å². The molecule has 1 aliphatic heterocycles. The van der Waals surface area contributed by atoms with Crippen LogP contribution in [0.3, 0.4) is 0 Å². The molecular weight excluding hydrogens is 405 g/mol. The van der Waals surface area contributed by atoms with Crippen molar-refractivity contribution >= 4 is 5.91 Å². The van der Waals surface area contributed by atoms with Crippen molar-refractivity contribution in [1.29, 1.82) is 0 Å². The summed E-state index contributed by atoms with van der Waals surface area (Å²) in [6.07, 6.45) is -0.0658. The Morgan fingerprint density at radius 1 is 1.13 bits per heavy atom. The van der Waals surface area contributed by atoms with E-state index in [1.165, 1.54) is 27.4 Å². The third-order valence-electron chi connectivity index (χ3n) is 5.09. The van der Waals surface area contributed by atoms with Crippen molar-refractivity contribution in [2.75, 3.05) is 47.6 Å². The molecule has 0 saturated carbocycles. The number of nitrogens with zero attached hydrogens (tertiary/aromatic N) is 1. The first-order chi connectivity index (χ1) is 15.0. The fraction of sp³-hybridized carbons (Fsp3) is 0.435. The van der Waals surface area contributed by atoms with E-state index in [1.54, 1.807) is 35.2 Å². The maximum atomic E-state index is 13.7. The van der Waals surface area contributed by atoms with E-state index in [0.717, 1.165) is 5.56 Å². The lowest BCUT2D eigenvalue weighted by molar-refractivity contribution is -0.140. The molecule has 0 N–H and O–H groups in total. The van der Waals surface area contributed by atoms with Crippen LogP contribution in [0.2, 0.25) is 0 Å². The van der Waals surface area contributed by atoms with E-state index in [2.05, 4.69) is 0 Å². The van der Waals surface area contributed by atoms with Crippen LogP contribution in [0.4, 0.5) is 4.39 Å². The van der Waals surface area contributed by atoms with Crippen molar-refractivity contribution in [3.05, 3.63) is 53.3 Å². The van der Waals surface area contributed by atoms with Gasteiger partial charge in [-0.1, -0.05) is 18.2 Å². The number of carbonyl (C=O) groups is 1. The summed E-state index contributed by atoms with van der Waals surface area (Å²) >= 11 is 0. The lowest BCUT2D eigenvalue weighted by Gasteiger charge is -2.33.